The Labute approximate surface area is 124 Å². The average Bonchev–Trinajstić information content (AvgIpc) is 2.41. The zero-order valence-corrected chi connectivity index (χ0v) is 13.3. The number of amides is 1. The molecule has 1 saturated carbocycles. The van der Waals surface area contributed by atoms with Gasteiger partial charge < -0.3 is 10.2 Å². The van der Waals surface area contributed by atoms with Crippen LogP contribution in [-0.4, -0.2) is 47.2 Å². The molecule has 1 unspecified atom stereocenters. The maximum Gasteiger partial charge on any atom is 0.225 e. The molecule has 0 aliphatic heterocycles. The lowest BCUT2D eigenvalue weighted by Crippen LogP contribution is -2.44. The highest BCUT2D eigenvalue weighted by molar-refractivity contribution is 7.98. The minimum atomic E-state index is 0.161. The Kier molecular flexibility index (Phi) is 4.86. The minimum Gasteiger partial charge on any atom is -0.367 e. The van der Waals surface area contributed by atoms with Gasteiger partial charge in [-0.1, -0.05) is 0 Å². The SMILES string of the molecule is CSC(C)c1cc(N[C@H]2C[C@@H](C(=O)N(C)C)C2)ncn1. The van der Waals surface area contributed by atoms with Gasteiger partial charge in [0.1, 0.15) is 12.1 Å². The topological polar surface area (TPSA) is 58.1 Å². The summed E-state index contributed by atoms with van der Waals surface area (Å²) in [6.07, 6.45) is 5.44. The Morgan fingerprint density at radius 1 is 1.45 bits per heavy atom. The van der Waals surface area contributed by atoms with Crippen molar-refractivity contribution in [3.8, 4) is 0 Å². The summed E-state index contributed by atoms with van der Waals surface area (Å²) in [5.41, 5.74) is 1.04. The van der Waals surface area contributed by atoms with Crippen molar-refractivity contribution in [3.05, 3.63) is 18.1 Å². The van der Waals surface area contributed by atoms with Crippen LogP contribution in [0.5, 0.6) is 0 Å². The molecule has 0 bridgehead atoms. The van der Waals surface area contributed by atoms with E-state index in [-0.39, 0.29) is 11.8 Å². The molecule has 0 spiro atoms. The van der Waals surface area contributed by atoms with E-state index in [2.05, 4.69) is 28.5 Å². The van der Waals surface area contributed by atoms with Gasteiger partial charge in [-0.25, -0.2) is 9.97 Å². The molecule has 20 heavy (non-hydrogen) atoms. The van der Waals surface area contributed by atoms with Crippen molar-refractivity contribution in [2.45, 2.75) is 31.1 Å². The second-order valence-electron chi connectivity index (χ2n) is 5.45. The molecule has 0 radical (unpaired) electrons. The van der Waals surface area contributed by atoms with E-state index >= 15 is 0 Å². The van der Waals surface area contributed by atoms with Gasteiger partial charge in [0.05, 0.1) is 5.69 Å². The summed E-state index contributed by atoms with van der Waals surface area (Å²) in [6.45, 7) is 2.13. The molecule has 1 heterocycles. The molecule has 2 rings (SSSR count). The van der Waals surface area contributed by atoms with Crippen LogP contribution in [0.3, 0.4) is 0 Å². The van der Waals surface area contributed by atoms with E-state index in [1.165, 1.54) is 0 Å². The summed E-state index contributed by atoms with van der Waals surface area (Å²) < 4.78 is 0. The average molecular weight is 294 g/mol. The van der Waals surface area contributed by atoms with E-state index in [0.717, 1.165) is 24.4 Å². The first-order valence-corrected chi connectivity index (χ1v) is 8.12. The number of hydrogen-bond donors (Lipinski definition) is 1. The second-order valence-corrected chi connectivity index (χ2v) is 6.63. The van der Waals surface area contributed by atoms with Crippen LogP contribution in [0.15, 0.2) is 12.4 Å². The predicted molar refractivity (Wildman–Crippen MR) is 82.8 cm³/mol. The fraction of sp³-hybridized carbons (Fsp3) is 0.643. The highest BCUT2D eigenvalue weighted by Crippen LogP contribution is 2.31. The summed E-state index contributed by atoms with van der Waals surface area (Å²) in [5.74, 6) is 1.24. The lowest BCUT2D eigenvalue weighted by Gasteiger charge is -2.36. The Morgan fingerprint density at radius 2 is 2.15 bits per heavy atom. The zero-order chi connectivity index (χ0) is 14.7. The number of hydrogen-bond acceptors (Lipinski definition) is 5. The number of thioether (sulfide) groups is 1. The van der Waals surface area contributed by atoms with Crippen molar-refractivity contribution in [2.75, 3.05) is 25.7 Å². The molecule has 1 amide bonds. The standard InChI is InChI=1S/C14H22N4OS/c1-9(20-4)12-7-13(16-8-15-12)17-11-5-10(6-11)14(19)18(2)3/h7-11H,5-6H2,1-4H3,(H,15,16,17)/t9?,10-,11+. The van der Waals surface area contributed by atoms with Crippen LogP contribution in [0.25, 0.3) is 0 Å². The minimum absolute atomic E-state index is 0.161. The van der Waals surface area contributed by atoms with Crippen LogP contribution in [0.2, 0.25) is 0 Å². The predicted octanol–water partition coefficient (Wildman–Crippen LogP) is 2.18. The van der Waals surface area contributed by atoms with Gasteiger partial charge in [0, 0.05) is 37.4 Å². The van der Waals surface area contributed by atoms with Crippen LogP contribution >= 0.6 is 11.8 Å². The molecule has 110 valence electrons. The van der Waals surface area contributed by atoms with Gasteiger partial charge in [-0.05, 0) is 26.0 Å². The highest BCUT2D eigenvalue weighted by Gasteiger charge is 2.35. The second kappa shape index (κ2) is 6.43. The molecule has 0 aromatic carbocycles. The summed E-state index contributed by atoms with van der Waals surface area (Å²) in [5, 5.41) is 3.75. The van der Waals surface area contributed by atoms with Crippen molar-refractivity contribution < 1.29 is 4.79 Å². The van der Waals surface area contributed by atoms with Crippen molar-refractivity contribution in [1.29, 1.82) is 0 Å². The van der Waals surface area contributed by atoms with E-state index in [0.29, 0.717) is 11.3 Å². The van der Waals surface area contributed by atoms with Gasteiger partial charge in [0.15, 0.2) is 0 Å². The molecule has 1 atom stereocenters. The van der Waals surface area contributed by atoms with Gasteiger partial charge in [-0.2, -0.15) is 11.8 Å². The lowest BCUT2D eigenvalue weighted by atomic mass is 9.79. The number of rotatable bonds is 5. The Morgan fingerprint density at radius 3 is 2.75 bits per heavy atom. The lowest BCUT2D eigenvalue weighted by molar-refractivity contribution is -0.135. The zero-order valence-electron chi connectivity index (χ0n) is 12.5. The molecule has 1 fully saturated rings. The molecule has 1 aromatic rings. The number of nitrogens with one attached hydrogen (secondary N) is 1. The number of nitrogens with zero attached hydrogens (tertiary/aromatic N) is 3. The fourth-order valence-electron chi connectivity index (χ4n) is 2.31. The maximum atomic E-state index is 11.8. The fourth-order valence-corrected chi connectivity index (χ4v) is 2.68. The molecule has 1 aliphatic carbocycles. The monoisotopic (exact) mass is 294 g/mol. The van der Waals surface area contributed by atoms with Crippen LogP contribution < -0.4 is 5.32 Å². The Balaban J connectivity index is 1.88. The third kappa shape index (κ3) is 3.42. The third-order valence-electron chi connectivity index (χ3n) is 3.74. The number of carbonyl (C=O) groups excluding carboxylic acids is 1. The van der Waals surface area contributed by atoms with Crippen LogP contribution in [0.4, 0.5) is 5.82 Å². The molecule has 0 saturated heterocycles. The van der Waals surface area contributed by atoms with Crippen molar-refractivity contribution in [1.82, 2.24) is 14.9 Å². The van der Waals surface area contributed by atoms with Crippen LogP contribution in [0.1, 0.15) is 30.7 Å². The molecule has 5 nitrogen and oxygen atoms in total. The molecule has 1 aromatic heterocycles. The molecule has 6 heteroatoms. The van der Waals surface area contributed by atoms with E-state index in [4.69, 9.17) is 0 Å². The normalized spacial score (nSPS) is 22.8. The van der Waals surface area contributed by atoms with Gasteiger partial charge in [-0.3, -0.25) is 4.79 Å². The van der Waals surface area contributed by atoms with Crippen molar-refractivity contribution in [3.63, 3.8) is 0 Å². The molecular weight excluding hydrogens is 272 g/mol. The Hall–Kier alpha value is -1.30. The third-order valence-corrected chi connectivity index (χ3v) is 4.69. The van der Waals surface area contributed by atoms with Gasteiger partial charge >= 0.3 is 0 Å². The van der Waals surface area contributed by atoms with Crippen LogP contribution in [-0.2, 0) is 4.79 Å². The van der Waals surface area contributed by atoms with Gasteiger partial charge in [0.2, 0.25) is 5.91 Å². The number of aromatic nitrogens is 2. The smallest absolute Gasteiger partial charge is 0.225 e. The first-order valence-electron chi connectivity index (χ1n) is 6.83. The van der Waals surface area contributed by atoms with E-state index in [9.17, 15) is 4.79 Å². The van der Waals surface area contributed by atoms with Crippen molar-refractivity contribution in [2.24, 2.45) is 5.92 Å². The van der Waals surface area contributed by atoms with E-state index in [1.807, 2.05) is 20.2 Å². The highest BCUT2D eigenvalue weighted by atomic mass is 32.2. The van der Waals surface area contributed by atoms with Gasteiger partial charge in [0.25, 0.3) is 0 Å². The van der Waals surface area contributed by atoms with E-state index < -0.39 is 0 Å². The summed E-state index contributed by atoms with van der Waals surface area (Å²) in [4.78, 5) is 22.0. The largest absolute Gasteiger partial charge is 0.367 e. The summed E-state index contributed by atoms with van der Waals surface area (Å²) in [6, 6.07) is 2.35. The summed E-state index contributed by atoms with van der Waals surface area (Å²) in [7, 11) is 3.62. The number of anilines is 1. The first kappa shape index (κ1) is 15.1. The maximum absolute atomic E-state index is 11.8. The van der Waals surface area contributed by atoms with Crippen LogP contribution in [0, 0.1) is 5.92 Å². The quantitative estimate of drug-likeness (QED) is 0.902. The Bertz CT molecular complexity index is 474. The first-order chi connectivity index (χ1) is 9.51. The van der Waals surface area contributed by atoms with Crippen molar-refractivity contribution >= 4 is 23.5 Å². The molecular formula is C14H22N4OS. The van der Waals surface area contributed by atoms with Gasteiger partial charge in [-0.15, -0.1) is 0 Å². The number of carbonyl (C=O) groups is 1. The molecule has 1 aliphatic rings. The summed E-state index contributed by atoms with van der Waals surface area (Å²) >= 11 is 1.76. The molecule has 1 N–H and O–H groups in total. The van der Waals surface area contributed by atoms with E-state index in [1.54, 1.807) is 23.0 Å².